The van der Waals surface area contributed by atoms with Gasteiger partial charge in [0.2, 0.25) is 0 Å². The SMILES string of the molecule is Cc1ccc([C@@H](C)NCc2ccccc2[N+](=O)[O-])cc1. The zero-order valence-corrected chi connectivity index (χ0v) is 11.7. The van der Waals surface area contributed by atoms with Crippen molar-refractivity contribution >= 4 is 5.69 Å². The Labute approximate surface area is 118 Å². The third-order valence-corrected chi connectivity index (χ3v) is 3.36. The van der Waals surface area contributed by atoms with E-state index in [9.17, 15) is 10.1 Å². The van der Waals surface area contributed by atoms with Crippen LogP contribution in [0.15, 0.2) is 48.5 Å². The van der Waals surface area contributed by atoms with Gasteiger partial charge in [-0.3, -0.25) is 10.1 Å². The smallest absolute Gasteiger partial charge is 0.273 e. The summed E-state index contributed by atoms with van der Waals surface area (Å²) in [6.45, 7) is 4.58. The van der Waals surface area contributed by atoms with E-state index >= 15 is 0 Å². The van der Waals surface area contributed by atoms with Gasteiger partial charge in [-0.05, 0) is 19.4 Å². The molecule has 4 nitrogen and oxygen atoms in total. The first kappa shape index (κ1) is 14.2. The van der Waals surface area contributed by atoms with Crippen molar-refractivity contribution in [3.8, 4) is 0 Å². The number of nitrogens with zero attached hydrogens (tertiary/aromatic N) is 1. The molecular formula is C16H18N2O2. The fourth-order valence-corrected chi connectivity index (χ4v) is 2.07. The molecule has 0 aliphatic carbocycles. The Bertz CT molecular complexity index is 594. The maximum atomic E-state index is 11.0. The van der Waals surface area contributed by atoms with Crippen LogP contribution in [0.5, 0.6) is 0 Å². The van der Waals surface area contributed by atoms with E-state index in [4.69, 9.17) is 0 Å². The molecule has 2 rings (SSSR count). The molecule has 0 aliphatic rings. The number of hydrogen-bond acceptors (Lipinski definition) is 3. The minimum absolute atomic E-state index is 0.149. The lowest BCUT2D eigenvalue weighted by Gasteiger charge is -2.14. The molecule has 0 radical (unpaired) electrons. The van der Waals surface area contributed by atoms with Gasteiger partial charge in [0.1, 0.15) is 0 Å². The second-order valence-electron chi connectivity index (χ2n) is 4.90. The summed E-state index contributed by atoms with van der Waals surface area (Å²) in [5.74, 6) is 0. The van der Waals surface area contributed by atoms with Crippen molar-refractivity contribution in [1.82, 2.24) is 5.32 Å². The van der Waals surface area contributed by atoms with Gasteiger partial charge in [0.25, 0.3) is 5.69 Å². The van der Waals surface area contributed by atoms with Crippen LogP contribution in [0, 0.1) is 17.0 Å². The fraction of sp³-hybridized carbons (Fsp3) is 0.250. The molecule has 20 heavy (non-hydrogen) atoms. The highest BCUT2D eigenvalue weighted by molar-refractivity contribution is 5.39. The second kappa shape index (κ2) is 6.30. The van der Waals surface area contributed by atoms with E-state index < -0.39 is 0 Å². The summed E-state index contributed by atoms with van der Waals surface area (Å²) in [6, 6.07) is 15.3. The molecule has 0 fully saturated rings. The Morgan fingerprint density at radius 2 is 1.80 bits per heavy atom. The summed E-state index contributed by atoms with van der Waals surface area (Å²) in [5.41, 5.74) is 3.27. The van der Waals surface area contributed by atoms with Gasteiger partial charge in [-0.15, -0.1) is 0 Å². The van der Waals surface area contributed by atoms with Crippen LogP contribution < -0.4 is 5.32 Å². The third-order valence-electron chi connectivity index (χ3n) is 3.36. The third kappa shape index (κ3) is 3.42. The number of rotatable bonds is 5. The standard InChI is InChI=1S/C16H18N2O2/c1-12-7-9-14(10-8-12)13(2)17-11-15-5-3-4-6-16(15)18(19)20/h3-10,13,17H,11H2,1-2H3/t13-/m1/s1. The first-order valence-corrected chi connectivity index (χ1v) is 6.60. The summed E-state index contributed by atoms with van der Waals surface area (Å²) in [5, 5.41) is 14.3. The van der Waals surface area contributed by atoms with Gasteiger partial charge in [0, 0.05) is 24.2 Å². The molecule has 0 aliphatic heterocycles. The lowest BCUT2D eigenvalue weighted by atomic mass is 10.1. The number of nitrogens with one attached hydrogen (secondary N) is 1. The van der Waals surface area contributed by atoms with Crippen LogP contribution in [0.2, 0.25) is 0 Å². The van der Waals surface area contributed by atoms with E-state index in [1.165, 1.54) is 17.2 Å². The highest BCUT2D eigenvalue weighted by Gasteiger charge is 2.13. The van der Waals surface area contributed by atoms with Gasteiger partial charge in [0.05, 0.1) is 4.92 Å². The van der Waals surface area contributed by atoms with Crippen LogP contribution in [-0.4, -0.2) is 4.92 Å². The summed E-state index contributed by atoms with van der Waals surface area (Å²) < 4.78 is 0. The molecule has 104 valence electrons. The molecule has 0 saturated heterocycles. The molecule has 4 heteroatoms. The largest absolute Gasteiger partial charge is 0.306 e. The summed E-state index contributed by atoms with van der Waals surface area (Å²) >= 11 is 0. The van der Waals surface area contributed by atoms with Crippen LogP contribution in [0.4, 0.5) is 5.69 Å². The number of aryl methyl sites for hydroxylation is 1. The molecule has 1 atom stereocenters. The Balaban J connectivity index is 2.05. The first-order chi connectivity index (χ1) is 9.58. The van der Waals surface area contributed by atoms with Crippen LogP contribution in [0.25, 0.3) is 0 Å². The van der Waals surface area contributed by atoms with Crippen LogP contribution in [-0.2, 0) is 6.54 Å². The van der Waals surface area contributed by atoms with Crippen molar-refractivity contribution in [2.75, 3.05) is 0 Å². The Hall–Kier alpha value is -2.20. The van der Waals surface area contributed by atoms with Crippen molar-refractivity contribution in [1.29, 1.82) is 0 Å². The molecule has 2 aromatic rings. The minimum Gasteiger partial charge on any atom is -0.306 e. The second-order valence-corrected chi connectivity index (χ2v) is 4.90. The summed E-state index contributed by atoms with van der Waals surface area (Å²) in [4.78, 5) is 10.6. The van der Waals surface area contributed by atoms with Crippen molar-refractivity contribution in [2.24, 2.45) is 0 Å². The van der Waals surface area contributed by atoms with Crippen molar-refractivity contribution in [2.45, 2.75) is 26.4 Å². The average Bonchev–Trinajstić information content (AvgIpc) is 2.45. The normalized spacial score (nSPS) is 12.1. The van der Waals surface area contributed by atoms with Crippen molar-refractivity contribution < 1.29 is 4.92 Å². The number of nitro benzene ring substituents is 1. The number of benzene rings is 2. The maximum Gasteiger partial charge on any atom is 0.273 e. The molecule has 0 heterocycles. The van der Waals surface area contributed by atoms with Gasteiger partial charge in [0.15, 0.2) is 0 Å². The van der Waals surface area contributed by atoms with E-state index in [0.29, 0.717) is 12.1 Å². The van der Waals surface area contributed by atoms with Gasteiger partial charge in [-0.2, -0.15) is 0 Å². The predicted octanol–water partition coefficient (Wildman–Crippen LogP) is 3.75. The Kier molecular flexibility index (Phi) is 4.48. The maximum absolute atomic E-state index is 11.0. The predicted molar refractivity (Wildman–Crippen MR) is 79.5 cm³/mol. The van der Waals surface area contributed by atoms with E-state index in [1.807, 2.05) is 6.07 Å². The summed E-state index contributed by atoms with van der Waals surface area (Å²) in [6.07, 6.45) is 0. The minimum atomic E-state index is -0.340. The molecule has 0 bridgehead atoms. The van der Waals surface area contributed by atoms with Crippen molar-refractivity contribution in [3.05, 3.63) is 75.3 Å². The molecule has 1 N–H and O–H groups in total. The highest BCUT2D eigenvalue weighted by atomic mass is 16.6. The van der Waals surface area contributed by atoms with Gasteiger partial charge in [-0.25, -0.2) is 0 Å². The quantitative estimate of drug-likeness (QED) is 0.665. The number of nitro groups is 1. The monoisotopic (exact) mass is 270 g/mol. The molecule has 2 aromatic carbocycles. The zero-order chi connectivity index (χ0) is 14.5. The van der Waals surface area contributed by atoms with E-state index in [1.54, 1.807) is 12.1 Å². The van der Waals surface area contributed by atoms with Gasteiger partial charge < -0.3 is 5.32 Å². The van der Waals surface area contributed by atoms with Crippen LogP contribution >= 0.6 is 0 Å². The van der Waals surface area contributed by atoms with E-state index in [0.717, 1.165) is 0 Å². The lowest BCUT2D eigenvalue weighted by molar-refractivity contribution is -0.385. The fourth-order valence-electron chi connectivity index (χ4n) is 2.07. The molecular weight excluding hydrogens is 252 g/mol. The average molecular weight is 270 g/mol. The Morgan fingerprint density at radius 1 is 1.15 bits per heavy atom. The number of hydrogen-bond donors (Lipinski definition) is 1. The highest BCUT2D eigenvalue weighted by Crippen LogP contribution is 2.19. The molecule has 0 aromatic heterocycles. The van der Waals surface area contributed by atoms with E-state index in [2.05, 4.69) is 43.4 Å². The molecule has 0 unspecified atom stereocenters. The van der Waals surface area contributed by atoms with Crippen LogP contribution in [0.3, 0.4) is 0 Å². The van der Waals surface area contributed by atoms with Gasteiger partial charge in [-0.1, -0.05) is 48.0 Å². The van der Waals surface area contributed by atoms with Crippen LogP contribution in [0.1, 0.15) is 29.7 Å². The molecule has 0 amide bonds. The van der Waals surface area contributed by atoms with Gasteiger partial charge >= 0.3 is 0 Å². The zero-order valence-electron chi connectivity index (χ0n) is 11.7. The number of para-hydroxylation sites is 1. The lowest BCUT2D eigenvalue weighted by Crippen LogP contribution is -2.18. The molecule has 0 spiro atoms. The topological polar surface area (TPSA) is 55.2 Å². The summed E-state index contributed by atoms with van der Waals surface area (Å²) in [7, 11) is 0. The Morgan fingerprint density at radius 3 is 2.45 bits per heavy atom. The molecule has 0 saturated carbocycles. The van der Waals surface area contributed by atoms with E-state index in [-0.39, 0.29) is 16.7 Å². The first-order valence-electron chi connectivity index (χ1n) is 6.60. The van der Waals surface area contributed by atoms with Crippen molar-refractivity contribution in [3.63, 3.8) is 0 Å².